The summed E-state index contributed by atoms with van der Waals surface area (Å²) in [4.78, 5) is 20.8. The predicted molar refractivity (Wildman–Crippen MR) is 82.2 cm³/mol. The summed E-state index contributed by atoms with van der Waals surface area (Å²) >= 11 is 0. The molecule has 2 N–H and O–H groups in total. The zero-order valence-electron chi connectivity index (χ0n) is 12.6. The van der Waals surface area contributed by atoms with Crippen LogP contribution in [0, 0.1) is 5.92 Å². The van der Waals surface area contributed by atoms with Crippen LogP contribution in [-0.2, 0) is 0 Å². The average molecular weight is 278 g/mol. The smallest absolute Gasteiger partial charge is 0.290 e. The number of hydrogen-bond donors (Lipinski definition) is 2. The fourth-order valence-corrected chi connectivity index (χ4v) is 2.82. The molecule has 1 unspecified atom stereocenters. The molecule has 112 valence electrons. The summed E-state index contributed by atoms with van der Waals surface area (Å²) in [6.07, 6.45) is 7.97. The molecular formula is C15H26N4O. The number of piperidine rings is 1. The van der Waals surface area contributed by atoms with Crippen LogP contribution in [0.15, 0.2) is 17.2 Å². The second kappa shape index (κ2) is 7.43. The summed E-state index contributed by atoms with van der Waals surface area (Å²) < 4.78 is 0. The van der Waals surface area contributed by atoms with Gasteiger partial charge in [0.15, 0.2) is 5.82 Å². The highest BCUT2D eigenvalue weighted by Gasteiger charge is 2.22. The van der Waals surface area contributed by atoms with Crippen molar-refractivity contribution in [1.29, 1.82) is 0 Å². The molecule has 0 radical (unpaired) electrons. The third-order valence-corrected chi connectivity index (χ3v) is 4.26. The second-order valence-corrected chi connectivity index (χ2v) is 5.62. The molecular weight excluding hydrogens is 252 g/mol. The number of anilines is 1. The van der Waals surface area contributed by atoms with Crippen LogP contribution in [0.25, 0.3) is 0 Å². The van der Waals surface area contributed by atoms with Crippen molar-refractivity contribution in [3.05, 3.63) is 22.7 Å². The van der Waals surface area contributed by atoms with Gasteiger partial charge in [0.25, 0.3) is 5.56 Å². The molecule has 1 fully saturated rings. The van der Waals surface area contributed by atoms with Gasteiger partial charge in [-0.3, -0.25) is 4.79 Å². The lowest BCUT2D eigenvalue weighted by Crippen LogP contribution is -2.48. The lowest BCUT2D eigenvalue weighted by atomic mass is 10.0. The van der Waals surface area contributed by atoms with Gasteiger partial charge in [-0.2, -0.15) is 0 Å². The molecule has 0 bridgehead atoms. The first kappa shape index (κ1) is 15.0. The van der Waals surface area contributed by atoms with Crippen LogP contribution in [0.4, 0.5) is 5.82 Å². The van der Waals surface area contributed by atoms with Crippen molar-refractivity contribution in [3.63, 3.8) is 0 Å². The van der Waals surface area contributed by atoms with Gasteiger partial charge in [-0.25, -0.2) is 4.98 Å². The van der Waals surface area contributed by atoms with Gasteiger partial charge in [0, 0.05) is 31.5 Å². The van der Waals surface area contributed by atoms with E-state index in [2.05, 4.69) is 34.0 Å². The van der Waals surface area contributed by atoms with Gasteiger partial charge in [-0.15, -0.1) is 0 Å². The minimum atomic E-state index is -0.0897. The van der Waals surface area contributed by atoms with Crippen molar-refractivity contribution < 1.29 is 0 Å². The first-order chi connectivity index (χ1) is 9.74. The molecule has 0 spiro atoms. The van der Waals surface area contributed by atoms with E-state index in [1.807, 2.05) is 0 Å². The minimum Gasteiger partial charge on any atom is -0.350 e. The Morgan fingerprint density at radius 1 is 1.50 bits per heavy atom. The van der Waals surface area contributed by atoms with E-state index < -0.39 is 0 Å². The molecule has 1 aromatic rings. The molecule has 5 nitrogen and oxygen atoms in total. The highest BCUT2D eigenvalue weighted by Crippen LogP contribution is 2.15. The molecule has 0 aliphatic carbocycles. The average Bonchev–Trinajstić information content (AvgIpc) is 2.49. The quantitative estimate of drug-likeness (QED) is 0.832. The maximum Gasteiger partial charge on any atom is 0.290 e. The van der Waals surface area contributed by atoms with Crippen LogP contribution in [0.3, 0.4) is 0 Å². The van der Waals surface area contributed by atoms with Gasteiger partial charge >= 0.3 is 0 Å². The number of aromatic nitrogens is 2. The summed E-state index contributed by atoms with van der Waals surface area (Å²) in [5.74, 6) is 1.31. The number of rotatable bonds is 6. The van der Waals surface area contributed by atoms with Crippen LogP contribution >= 0.6 is 0 Å². The van der Waals surface area contributed by atoms with Gasteiger partial charge in [0.1, 0.15) is 0 Å². The highest BCUT2D eigenvalue weighted by molar-refractivity contribution is 5.36. The molecule has 0 saturated carbocycles. The molecule has 20 heavy (non-hydrogen) atoms. The molecule has 5 heteroatoms. The third-order valence-electron chi connectivity index (χ3n) is 4.26. The fraction of sp³-hybridized carbons (Fsp3) is 0.733. The van der Waals surface area contributed by atoms with E-state index in [1.165, 1.54) is 19.3 Å². The van der Waals surface area contributed by atoms with Crippen LogP contribution < -0.4 is 15.8 Å². The zero-order chi connectivity index (χ0) is 14.4. The molecule has 1 aliphatic heterocycles. The van der Waals surface area contributed by atoms with E-state index in [4.69, 9.17) is 0 Å². The van der Waals surface area contributed by atoms with E-state index in [1.54, 1.807) is 12.4 Å². The van der Waals surface area contributed by atoms with Crippen molar-refractivity contribution in [2.24, 2.45) is 5.92 Å². The van der Waals surface area contributed by atoms with Crippen molar-refractivity contribution in [2.75, 3.05) is 24.5 Å². The largest absolute Gasteiger partial charge is 0.350 e. The van der Waals surface area contributed by atoms with E-state index in [0.717, 1.165) is 32.0 Å². The number of H-pyrrole nitrogens is 1. The van der Waals surface area contributed by atoms with Crippen LogP contribution in [0.5, 0.6) is 0 Å². The Balaban J connectivity index is 1.92. The Morgan fingerprint density at radius 2 is 2.30 bits per heavy atom. The van der Waals surface area contributed by atoms with Crippen molar-refractivity contribution in [3.8, 4) is 0 Å². The molecule has 0 amide bonds. The van der Waals surface area contributed by atoms with Crippen molar-refractivity contribution >= 4 is 5.82 Å². The number of nitrogens with zero attached hydrogens (tertiary/aromatic N) is 2. The number of hydrogen-bond acceptors (Lipinski definition) is 4. The van der Waals surface area contributed by atoms with E-state index >= 15 is 0 Å². The third kappa shape index (κ3) is 3.82. The van der Waals surface area contributed by atoms with Crippen LogP contribution in [0.1, 0.15) is 39.5 Å². The topological polar surface area (TPSA) is 61.0 Å². The first-order valence-corrected chi connectivity index (χ1v) is 7.76. The van der Waals surface area contributed by atoms with Gasteiger partial charge in [-0.1, -0.05) is 26.7 Å². The molecule has 2 heterocycles. The highest BCUT2D eigenvalue weighted by atomic mass is 16.1. The summed E-state index contributed by atoms with van der Waals surface area (Å²) in [6, 6.07) is 0.464. The van der Waals surface area contributed by atoms with Gasteiger partial charge < -0.3 is 15.2 Å². The standard InChI is InChI=1S/C15H26N4O/c1-3-12(4-2)10-18-13-6-5-9-19(11-13)14-15(20)17-8-7-16-14/h7-8,12-13,18H,3-6,9-11H2,1-2H3,(H,17,20). The Morgan fingerprint density at radius 3 is 3.00 bits per heavy atom. The monoisotopic (exact) mass is 278 g/mol. The van der Waals surface area contributed by atoms with E-state index in [9.17, 15) is 4.79 Å². The molecule has 1 aromatic heterocycles. The molecule has 0 aromatic carbocycles. The Labute approximate surface area is 120 Å². The van der Waals surface area contributed by atoms with Gasteiger partial charge in [0.05, 0.1) is 0 Å². The number of nitrogens with one attached hydrogen (secondary N) is 2. The van der Waals surface area contributed by atoms with E-state index in [0.29, 0.717) is 11.9 Å². The van der Waals surface area contributed by atoms with Gasteiger partial charge in [0.2, 0.25) is 0 Å². The van der Waals surface area contributed by atoms with Crippen LogP contribution in [-0.4, -0.2) is 35.6 Å². The normalized spacial score (nSPS) is 19.6. The molecule has 2 rings (SSSR count). The first-order valence-electron chi connectivity index (χ1n) is 7.76. The zero-order valence-corrected chi connectivity index (χ0v) is 12.6. The summed E-state index contributed by atoms with van der Waals surface area (Å²) in [5.41, 5.74) is -0.0897. The molecule has 1 atom stereocenters. The predicted octanol–water partition coefficient (Wildman–Crippen LogP) is 1.76. The second-order valence-electron chi connectivity index (χ2n) is 5.62. The van der Waals surface area contributed by atoms with E-state index in [-0.39, 0.29) is 5.56 Å². The van der Waals surface area contributed by atoms with Crippen LogP contribution in [0.2, 0.25) is 0 Å². The minimum absolute atomic E-state index is 0.0897. The van der Waals surface area contributed by atoms with Gasteiger partial charge in [-0.05, 0) is 25.3 Å². The SMILES string of the molecule is CCC(CC)CNC1CCCN(c2ncc[nH]c2=O)C1. The Hall–Kier alpha value is -1.36. The lowest BCUT2D eigenvalue weighted by molar-refractivity contribution is 0.369. The molecule has 1 saturated heterocycles. The number of aromatic amines is 1. The van der Waals surface area contributed by atoms with Crippen molar-refractivity contribution in [2.45, 2.75) is 45.6 Å². The summed E-state index contributed by atoms with van der Waals surface area (Å²) in [5, 5.41) is 3.66. The summed E-state index contributed by atoms with van der Waals surface area (Å²) in [6.45, 7) is 7.36. The molecule has 1 aliphatic rings. The lowest BCUT2D eigenvalue weighted by Gasteiger charge is -2.34. The Kier molecular flexibility index (Phi) is 5.59. The Bertz CT molecular complexity index is 455. The summed E-state index contributed by atoms with van der Waals surface area (Å²) in [7, 11) is 0. The van der Waals surface area contributed by atoms with Crippen molar-refractivity contribution in [1.82, 2.24) is 15.3 Å². The fourth-order valence-electron chi connectivity index (χ4n) is 2.82. The maximum absolute atomic E-state index is 11.8. The maximum atomic E-state index is 11.8.